The Balaban J connectivity index is 0. The maximum absolute atomic E-state index is 8.45. The quantitative estimate of drug-likeness (QED) is 0.687. The molecular formula is C14H24Cl2N2. The van der Waals surface area contributed by atoms with Crippen LogP contribution in [-0.4, -0.2) is 10.8 Å². The van der Waals surface area contributed by atoms with Gasteiger partial charge in [-0.2, -0.15) is 10.5 Å². The van der Waals surface area contributed by atoms with E-state index in [1.54, 1.807) is 0 Å². The number of nitriles is 2. The first-order valence-electron chi connectivity index (χ1n) is 6.14. The van der Waals surface area contributed by atoms with Crippen LogP contribution in [0.3, 0.4) is 0 Å². The summed E-state index contributed by atoms with van der Waals surface area (Å²) in [4.78, 5) is 0. The number of hydrogen-bond acceptors (Lipinski definition) is 2. The minimum Gasteiger partial charge on any atom is -0.198 e. The van der Waals surface area contributed by atoms with Crippen LogP contribution >= 0.6 is 23.2 Å². The second kappa shape index (κ2) is 9.48. The Bertz CT molecular complexity index is 298. The van der Waals surface area contributed by atoms with Gasteiger partial charge in [0, 0.05) is 23.1 Å². The number of rotatable bonds is 4. The Morgan fingerprint density at radius 1 is 1.06 bits per heavy atom. The van der Waals surface area contributed by atoms with Crippen molar-refractivity contribution in [2.24, 2.45) is 17.3 Å². The van der Waals surface area contributed by atoms with Gasteiger partial charge in [-0.1, -0.05) is 20.8 Å². The smallest absolute Gasteiger partial charge is 0.0656 e. The Morgan fingerprint density at radius 2 is 1.50 bits per heavy atom. The summed E-state index contributed by atoms with van der Waals surface area (Å²) in [6.45, 7) is 11.7. The molecule has 0 radical (unpaired) electrons. The molecule has 0 fully saturated rings. The molecule has 18 heavy (non-hydrogen) atoms. The van der Waals surface area contributed by atoms with Crippen LogP contribution in [0.2, 0.25) is 0 Å². The van der Waals surface area contributed by atoms with Crippen LogP contribution in [0.1, 0.15) is 48.0 Å². The molecule has 4 unspecified atom stereocenters. The van der Waals surface area contributed by atoms with Crippen molar-refractivity contribution in [3.05, 3.63) is 0 Å². The average Bonchev–Trinajstić information content (AvgIpc) is 2.27. The van der Waals surface area contributed by atoms with Crippen LogP contribution in [0.5, 0.6) is 0 Å². The van der Waals surface area contributed by atoms with E-state index in [0.717, 1.165) is 0 Å². The van der Waals surface area contributed by atoms with E-state index < -0.39 is 0 Å². The summed E-state index contributed by atoms with van der Waals surface area (Å²) in [6.07, 6.45) is 0.525. The zero-order valence-electron chi connectivity index (χ0n) is 12.2. The molecule has 0 amide bonds. The van der Waals surface area contributed by atoms with E-state index in [9.17, 15) is 0 Å². The van der Waals surface area contributed by atoms with E-state index in [1.165, 1.54) is 0 Å². The summed E-state index contributed by atoms with van der Waals surface area (Å²) >= 11 is 11.5. The molecule has 4 atom stereocenters. The van der Waals surface area contributed by atoms with E-state index in [2.05, 4.69) is 12.1 Å². The van der Waals surface area contributed by atoms with Crippen molar-refractivity contribution in [1.29, 1.82) is 10.5 Å². The monoisotopic (exact) mass is 290 g/mol. The van der Waals surface area contributed by atoms with Crippen LogP contribution in [-0.2, 0) is 0 Å². The third kappa shape index (κ3) is 8.62. The third-order valence-corrected chi connectivity index (χ3v) is 4.32. The highest BCUT2D eigenvalue weighted by atomic mass is 35.5. The maximum Gasteiger partial charge on any atom is 0.0656 e. The highest BCUT2D eigenvalue weighted by Crippen LogP contribution is 2.28. The minimum absolute atomic E-state index is 0.0453. The second-order valence-electron chi connectivity index (χ2n) is 5.39. The Kier molecular flexibility index (Phi) is 10.5. The van der Waals surface area contributed by atoms with Crippen LogP contribution in [0.4, 0.5) is 0 Å². The molecule has 0 saturated heterocycles. The maximum atomic E-state index is 8.45. The van der Waals surface area contributed by atoms with E-state index in [4.69, 9.17) is 33.7 Å². The van der Waals surface area contributed by atoms with Crippen molar-refractivity contribution in [2.75, 3.05) is 0 Å². The number of hydrogen-bond donors (Lipinski definition) is 0. The zero-order chi connectivity index (χ0) is 14.9. The summed E-state index contributed by atoms with van der Waals surface area (Å²) in [6, 6.07) is 4.27. The fourth-order valence-corrected chi connectivity index (χ4v) is 1.16. The molecular weight excluding hydrogens is 267 g/mol. The first kappa shape index (κ1) is 19.9. The first-order chi connectivity index (χ1) is 8.10. The van der Waals surface area contributed by atoms with Crippen LogP contribution in [0, 0.1) is 39.9 Å². The Hall–Kier alpha value is -0.440. The number of halogens is 2. The van der Waals surface area contributed by atoms with E-state index in [1.807, 2.05) is 41.5 Å². The molecule has 0 aromatic rings. The largest absolute Gasteiger partial charge is 0.198 e. The molecule has 0 spiro atoms. The van der Waals surface area contributed by atoms with Gasteiger partial charge >= 0.3 is 0 Å². The average molecular weight is 291 g/mol. The molecule has 0 rings (SSSR count). The molecule has 0 saturated carbocycles. The lowest BCUT2D eigenvalue weighted by Crippen LogP contribution is -2.20. The SMILES string of the molecule is CC(Cl)C(C)(C)CC#N.CC(Cl)C(C)C(C)C#N. The van der Waals surface area contributed by atoms with Gasteiger partial charge in [-0.25, -0.2) is 0 Å². The van der Waals surface area contributed by atoms with Gasteiger partial charge in [0.1, 0.15) is 0 Å². The number of alkyl halides is 2. The van der Waals surface area contributed by atoms with Crippen LogP contribution < -0.4 is 0 Å². The summed E-state index contributed by atoms with van der Waals surface area (Å²) in [5, 5.41) is 17.0. The first-order valence-corrected chi connectivity index (χ1v) is 7.02. The molecule has 2 nitrogen and oxygen atoms in total. The lowest BCUT2D eigenvalue weighted by Gasteiger charge is -2.23. The zero-order valence-corrected chi connectivity index (χ0v) is 13.7. The van der Waals surface area contributed by atoms with E-state index >= 15 is 0 Å². The van der Waals surface area contributed by atoms with Gasteiger partial charge in [0.15, 0.2) is 0 Å². The predicted octanol–water partition coefficient (Wildman–Crippen LogP) is 4.96. The summed E-state index contributed by atoms with van der Waals surface area (Å²) in [5.41, 5.74) is -0.0453. The van der Waals surface area contributed by atoms with Crippen molar-refractivity contribution in [3.63, 3.8) is 0 Å². The lowest BCUT2D eigenvalue weighted by molar-refractivity contribution is 0.368. The van der Waals surface area contributed by atoms with Gasteiger partial charge < -0.3 is 0 Å². The van der Waals surface area contributed by atoms with Gasteiger partial charge in [0.05, 0.1) is 12.1 Å². The summed E-state index contributed by atoms with van der Waals surface area (Å²) in [5.74, 6) is 0.356. The number of nitrogens with zero attached hydrogens (tertiary/aromatic N) is 2. The van der Waals surface area contributed by atoms with Gasteiger partial charge in [-0.05, 0) is 32.1 Å². The molecule has 0 aliphatic rings. The van der Waals surface area contributed by atoms with Crippen molar-refractivity contribution in [2.45, 2.75) is 58.7 Å². The molecule has 0 N–H and O–H groups in total. The highest BCUT2D eigenvalue weighted by Gasteiger charge is 2.23. The molecule has 0 aromatic heterocycles. The molecule has 4 heteroatoms. The minimum atomic E-state index is -0.0453. The standard InChI is InChI=1S/2C7H12ClN/c1-6(8)7(2,3)4-5-9;1-5(4-9)6(2)7(3)8/h6H,4H2,1-3H3;5-7H,1-3H3. The van der Waals surface area contributed by atoms with Gasteiger partial charge in [-0.3, -0.25) is 0 Å². The van der Waals surface area contributed by atoms with Crippen molar-refractivity contribution < 1.29 is 0 Å². The summed E-state index contributed by atoms with van der Waals surface area (Å²) in [7, 11) is 0. The molecule has 0 bridgehead atoms. The van der Waals surface area contributed by atoms with Crippen molar-refractivity contribution in [1.82, 2.24) is 0 Å². The van der Waals surface area contributed by atoms with Crippen LogP contribution in [0.15, 0.2) is 0 Å². The van der Waals surface area contributed by atoms with Crippen molar-refractivity contribution >= 4 is 23.2 Å². The topological polar surface area (TPSA) is 47.6 Å². The lowest BCUT2D eigenvalue weighted by atomic mass is 9.87. The van der Waals surface area contributed by atoms with E-state index in [-0.39, 0.29) is 28.0 Å². The third-order valence-electron chi connectivity index (χ3n) is 3.33. The summed E-state index contributed by atoms with van der Waals surface area (Å²) < 4.78 is 0. The van der Waals surface area contributed by atoms with Crippen LogP contribution in [0.25, 0.3) is 0 Å². The Labute approximate surface area is 122 Å². The van der Waals surface area contributed by atoms with Gasteiger partial charge in [0.25, 0.3) is 0 Å². The highest BCUT2D eigenvalue weighted by molar-refractivity contribution is 6.20. The molecule has 0 aliphatic carbocycles. The fraction of sp³-hybridized carbons (Fsp3) is 0.857. The predicted molar refractivity (Wildman–Crippen MR) is 78.6 cm³/mol. The van der Waals surface area contributed by atoms with Gasteiger partial charge in [-0.15, -0.1) is 23.2 Å². The molecule has 104 valence electrons. The van der Waals surface area contributed by atoms with Gasteiger partial charge in [0.2, 0.25) is 0 Å². The molecule has 0 heterocycles. The van der Waals surface area contributed by atoms with E-state index in [0.29, 0.717) is 6.42 Å². The Morgan fingerprint density at radius 3 is 1.61 bits per heavy atom. The van der Waals surface area contributed by atoms with Crippen molar-refractivity contribution in [3.8, 4) is 12.1 Å². The fourth-order valence-electron chi connectivity index (χ4n) is 0.860. The molecule has 0 aliphatic heterocycles. The molecule has 0 aromatic carbocycles. The second-order valence-corrected chi connectivity index (χ2v) is 6.74. The normalized spacial score (nSPS) is 17.2.